The smallest absolute Gasteiger partial charge is 0.263 e. The maximum Gasteiger partial charge on any atom is 0.263 e. The third-order valence-corrected chi connectivity index (χ3v) is 4.71. The summed E-state index contributed by atoms with van der Waals surface area (Å²) in [7, 11) is 0. The first-order valence-electron chi connectivity index (χ1n) is 8.41. The number of nitrogens with zero attached hydrogens (tertiary/aromatic N) is 4. The number of carbonyl (C=O) groups excluding carboxylic acids is 3. The second kappa shape index (κ2) is 7.21. The fourth-order valence-electron chi connectivity index (χ4n) is 3.13. The Morgan fingerprint density at radius 1 is 1.10 bits per heavy atom. The molecule has 1 fully saturated rings. The van der Waals surface area contributed by atoms with Gasteiger partial charge in [-0.2, -0.15) is 5.11 Å². The van der Waals surface area contributed by atoms with Gasteiger partial charge in [0.2, 0.25) is 5.91 Å². The molecule has 1 saturated heterocycles. The number of hydrogen-bond donors (Lipinski definition) is 1. The summed E-state index contributed by atoms with van der Waals surface area (Å²) in [4.78, 5) is 38.6. The summed E-state index contributed by atoms with van der Waals surface area (Å²) in [6.45, 7) is -0.449. The maximum atomic E-state index is 13.7. The number of nitrogens with one attached hydrogen (secondary N) is 1. The van der Waals surface area contributed by atoms with Crippen LogP contribution in [0.25, 0.3) is 0 Å². The van der Waals surface area contributed by atoms with Crippen LogP contribution >= 0.6 is 11.6 Å². The van der Waals surface area contributed by atoms with Gasteiger partial charge in [-0.05, 0) is 36.4 Å². The summed E-state index contributed by atoms with van der Waals surface area (Å²) < 4.78 is 26.7. The van der Waals surface area contributed by atoms with Crippen molar-refractivity contribution in [3.63, 3.8) is 0 Å². The summed E-state index contributed by atoms with van der Waals surface area (Å²) in [6, 6.07) is 6.65. The number of imide groups is 1. The SMILES string of the molecule is O=C(CN1N=N[C@H]2C(=O)N(c3ccc(Cl)cc3)C(=O)[C@H]21)Nc1ccc(F)cc1F. The third-order valence-electron chi connectivity index (χ3n) is 4.45. The molecule has 2 aliphatic rings. The van der Waals surface area contributed by atoms with Crippen molar-refractivity contribution in [1.29, 1.82) is 0 Å². The van der Waals surface area contributed by atoms with Crippen LogP contribution in [0.15, 0.2) is 52.8 Å². The highest BCUT2D eigenvalue weighted by Gasteiger charge is 2.55. The molecule has 0 spiro atoms. The predicted octanol–water partition coefficient (Wildman–Crippen LogP) is 2.55. The van der Waals surface area contributed by atoms with Crippen LogP contribution in [0.3, 0.4) is 0 Å². The van der Waals surface area contributed by atoms with Gasteiger partial charge in [-0.3, -0.25) is 19.4 Å². The molecule has 2 aromatic carbocycles. The molecule has 29 heavy (non-hydrogen) atoms. The van der Waals surface area contributed by atoms with Crippen molar-refractivity contribution in [3.8, 4) is 0 Å². The molecule has 2 aromatic rings. The van der Waals surface area contributed by atoms with E-state index >= 15 is 0 Å². The van der Waals surface area contributed by atoms with E-state index in [9.17, 15) is 23.2 Å². The third kappa shape index (κ3) is 3.42. The van der Waals surface area contributed by atoms with Crippen LogP contribution in [-0.2, 0) is 14.4 Å². The summed E-state index contributed by atoms with van der Waals surface area (Å²) in [6.07, 6.45) is 0. The van der Waals surface area contributed by atoms with Crippen LogP contribution in [0.1, 0.15) is 0 Å². The summed E-state index contributed by atoms with van der Waals surface area (Å²) >= 11 is 5.83. The minimum Gasteiger partial charge on any atom is -0.322 e. The lowest BCUT2D eigenvalue weighted by atomic mass is 10.1. The van der Waals surface area contributed by atoms with Gasteiger partial charge in [0.15, 0.2) is 12.1 Å². The van der Waals surface area contributed by atoms with E-state index in [1.807, 2.05) is 0 Å². The molecule has 0 saturated carbocycles. The fourth-order valence-corrected chi connectivity index (χ4v) is 3.25. The number of hydrogen-bond acceptors (Lipinski definition) is 6. The van der Waals surface area contributed by atoms with Crippen LogP contribution in [0.2, 0.25) is 5.02 Å². The van der Waals surface area contributed by atoms with Gasteiger partial charge in [0.25, 0.3) is 11.8 Å². The first kappa shape index (κ1) is 18.9. The summed E-state index contributed by atoms with van der Waals surface area (Å²) in [5.74, 6) is -3.60. The molecule has 4 rings (SSSR count). The zero-order valence-electron chi connectivity index (χ0n) is 14.6. The van der Waals surface area contributed by atoms with Gasteiger partial charge in [0, 0.05) is 11.1 Å². The number of halogens is 3. The van der Waals surface area contributed by atoms with Gasteiger partial charge in [-0.15, -0.1) is 0 Å². The Labute approximate surface area is 167 Å². The minimum absolute atomic E-state index is 0.222. The van der Waals surface area contributed by atoms with Crippen LogP contribution < -0.4 is 10.2 Å². The van der Waals surface area contributed by atoms with Crippen molar-refractivity contribution >= 4 is 40.7 Å². The topological polar surface area (TPSA) is 94.4 Å². The normalized spacial score (nSPS) is 20.4. The molecule has 0 unspecified atom stereocenters. The molecule has 2 aliphatic heterocycles. The lowest BCUT2D eigenvalue weighted by molar-refractivity contribution is -0.123. The Bertz CT molecular complexity index is 1050. The van der Waals surface area contributed by atoms with E-state index in [-0.39, 0.29) is 5.69 Å². The van der Waals surface area contributed by atoms with Crippen molar-refractivity contribution in [2.45, 2.75) is 12.1 Å². The number of amides is 3. The van der Waals surface area contributed by atoms with Gasteiger partial charge >= 0.3 is 0 Å². The highest BCUT2D eigenvalue weighted by Crippen LogP contribution is 2.32. The summed E-state index contributed by atoms with van der Waals surface area (Å²) in [5.41, 5.74) is 0.104. The molecule has 3 amide bonds. The van der Waals surface area contributed by atoms with Crippen LogP contribution in [0.5, 0.6) is 0 Å². The molecule has 2 heterocycles. The predicted molar refractivity (Wildman–Crippen MR) is 98.1 cm³/mol. The number of benzene rings is 2. The molecular weight excluding hydrogens is 408 g/mol. The van der Waals surface area contributed by atoms with Crippen LogP contribution in [0, 0.1) is 11.6 Å². The second-order valence-electron chi connectivity index (χ2n) is 6.35. The molecule has 2 atom stereocenters. The number of fused-ring (bicyclic) bond motifs is 1. The minimum atomic E-state index is -1.08. The van der Waals surface area contributed by atoms with Crippen molar-refractivity contribution < 1.29 is 23.2 Å². The quantitative estimate of drug-likeness (QED) is 0.770. The van der Waals surface area contributed by atoms with E-state index in [2.05, 4.69) is 15.7 Å². The van der Waals surface area contributed by atoms with Crippen molar-refractivity contribution in [1.82, 2.24) is 5.01 Å². The molecule has 148 valence electrons. The molecule has 0 radical (unpaired) electrons. The molecule has 8 nitrogen and oxygen atoms in total. The first-order valence-corrected chi connectivity index (χ1v) is 8.78. The van der Waals surface area contributed by atoms with Crippen molar-refractivity contribution in [2.75, 3.05) is 16.8 Å². The lowest BCUT2D eigenvalue weighted by Gasteiger charge is -2.20. The van der Waals surface area contributed by atoms with Crippen LogP contribution in [0.4, 0.5) is 20.2 Å². The Morgan fingerprint density at radius 3 is 2.52 bits per heavy atom. The maximum absolute atomic E-state index is 13.7. The van der Waals surface area contributed by atoms with E-state index in [0.29, 0.717) is 16.8 Å². The monoisotopic (exact) mass is 419 g/mol. The molecule has 11 heteroatoms. The van der Waals surface area contributed by atoms with Gasteiger partial charge in [0.05, 0.1) is 11.4 Å². The van der Waals surface area contributed by atoms with Gasteiger partial charge < -0.3 is 5.32 Å². The molecule has 0 bridgehead atoms. The molecular formula is C18H12ClF2N5O3. The first-order chi connectivity index (χ1) is 13.8. The lowest BCUT2D eigenvalue weighted by Crippen LogP contribution is -2.43. The highest BCUT2D eigenvalue weighted by molar-refractivity contribution is 6.31. The Kier molecular flexibility index (Phi) is 4.71. The van der Waals surface area contributed by atoms with Crippen molar-refractivity contribution in [3.05, 3.63) is 59.1 Å². The average Bonchev–Trinajstić information content (AvgIpc) is 3.19. The standard InChI is InChI=1S/C18H12ClF2N5O3/c19-9-1-4-11(5-2-9)26-17(28)15-16(18(26)29)25(24-23-15)8-14(27)22-13-6-3-10(20)7-12(13)21/h1-7,15-16H,8H2,(H,22,27)/t15-,16+/m1/s1. The summed E-state index contributed by atoms with van der Waals surface area (Å²) in [5, 5.41) is 11.3. The zero-order valence-corrected chi connectivity index (χ0v) is 15.3. The number of anilines is 2. The van der Waals surface area contributed by atoms with Crippen molar-refractivity contribution in [2.24, 2.45) is 10.3 Å². The van der Waals surface area contributed by atoms with E-state index in [0.717, 1.165) is 22.0 Å². The largest absolute Gasteiger partial charge is 0.322 e. The average molecular weight is 420 g/mol. The number of rotatable bonds is 4. The zero-order chi connectivity index (χ0) is 20.7. The van der Waals surface area contributed by atoms with Gasteiger partial charge in [-0.1, -0.05) is 16.8 Å². The number of carbonyl (C=O) groups is 3. The molecule has 0 aliphatic carbocycles. The van der Waals surface area contributed by atoms with Crippen LogP contribution in [-0.4, -0.2) is 41.4 Å². The fraction of sp³-hybridized carbons (Fsp3) is 0.167. The van der Waals surface area contributed by atoms with E-state index in [4.69, 9.17) is 11.6 Å². The van der Waals surface area contributed by atoms with E-state index < -0.39 is 48.0 Å². The van der Waals surface area contributed by atoms with Gasteiger partial charge in [0.1, 0.15) is 18.2 Å². The highest BCUT2D eigenvalue weighted by atomic mass is 35.5. The molecule has 0 aromatic heterocycles. The Hall–Kier alpha value is -3.40. The Balaban J connectivity index is 1.49. The van der Waals surface area contributed by atoms with Gasteiger partial charge in [-0.25, -0.2) is 13.7 Å². The van der Waals surface area contributed by atoms with E-state index in [1.165, 1.54) is 24.3 Å². The second-order valence-corrected chi connectivity index (χ2v) is 6.79. The molecule has 1 N–H and O–H groups in total. The Morgan fingerprint density at radius 2 is 1.83 bits per heavy atom. The van der Waals surface area contributed by atoms with E-state index in [1.54, 1.807) is 0 Å².